The molecule has 0 unspecified atom stereocenters. The number of rotatable bonds is 5. The number of aromatic nitrogens is 3. The third-order valence-electron chi connectivity index (χ3n) is 9.32. The Morgan fingerprint density at radius 3 is 2.12 bits per heavy atom. The fourth-order valence-electron chi connectivity index (χ4n) is 7.19. The smallest absolute Gasteiger partial charge is 0.235 e. The van der Waals surface area contributed by atoms with Gasteiger partial charge < -0.3 is 0 Å². The number of fused-ring (bicyclic) bond motifs is 10. The van der Waals surface area contributed by atoms with Crippen LogP contribution >= 0.6 is 0 Å². The minimum absolute atomic E-state index is 0.655. The van der Waals surface area contributed by atoms with Crippen LogP contribution in [0.1, 0.15) is 18.2 Å². The van der Waals surface area contributed by atoms with Crippen LogP contribution in [-0.4, -0.2) is 14.5 Å². The summed E-state index contributed by atoms with van der Waals surface area (Å²) in [5.74, 6) is 0.655. The first kappa shape index (κ1) is 27.9. The van der Waals surface area contributed by atoms with Gasteiger partial charge in [0, 0.05) is 21.7 Å². The second-order valence-corrected chi connectivity index (χ2v) is 12.1. The first-order valence-electron chi connectivity index (χ1n) is 16.4. The third kappa shape index (κ3) is 4.51. The lowest BCUT2D eigenvalue weighted by molar-refractivity contribution is 1.00. The Kier molecular flexibility index (Phi) is 6.69. The molecule has 0 saturated carbocycles. The van der Waals surface area contributed by atoms with E-state index in [1.807, 2.05) is 19.1 Å². The zero-order valence-corrected chi connectivity index (χ0v) is 26.5. The average Bonchev–Trinajstić information content (AvgIpc) is 3.49. The van der Waals surface area contributed by atoms with Crippen LogP contribution < -0.4 is 0 Å². The Morgan fingerprint density at radius 1 is 0.542 bits per heavy atom. The van der Waals surface area contributed by atoms with Crippen molar-refractivity contribution in [3.8, 4) is 5.95 Å². The highest BCUT2D eigenvalue weighted by atomic mass is 15.2. The summed E-state index contributed by atoms with van der Waals surface area (Å²) in [6, 6.07) is 49.5. The molecule has 9 rings (SSSR count). The van der Waals surface area contributed by atoms with Gasteiger partial charge in [-0.25, -0.2) is 9.97 Å². The second-order valence-electron chi connectivity index (χ2n) is 12.1. The molecule has 3 nitrogen and oxygen atoms in total. The summed E-state index contributed by atoms with van der Waals surface area (Å²) in [7, 11) is 0. The summed E-state index contributed by atoms with van der Waals surface area (Å²) in [5.41, 5.74) is 6.15. The van der Waals surface area contributed by atoms with Crippen molar-refractivity contribution in [1.29, 1.82) is 0 Å². The van der Waals surface area contributed by atoms with E-state index in [9.17, 15) is 0 Å². The van der Waals surface area contributed by atoms with E-state index < -0.39 is 0 Å². The molecule has 7 aromatic carbocycles. The van der Waals surface area contributed by atoms with Crippen molar-refractivity contribution >= 4 is 76.7 Å². The molecule has 0 aliphatic heterocycles. The number of nitrogens with zero attached hydrogens (tertiary/aromatic N) is 3. The Labute approximate surface area is 278 Å². The van der Waals surface area contributed by atoms with E-state index >= 15 is 0 Å². The molecule has 0 N–H and O–H groups in total. The number of allylic oxidation sites excluding steroid dienone is 5. The quantitative estimate of drug-likeness (QED) is 0.143. The van der Waals surface area contributed by atoms with Crippen molar-refractivity contribution in [2.45, 2.75) is 6.92 Å². The Morgan fingerprint density at radius 2 is 1.25 bits per heavy atom. The molecule has 9 aromatic rings. The molecule has 0 spiro atoms. The van der Waals surface area contributed by atoms with Gasteiger partial charge in [-0.1, -0.05) is 152 Å². The van der Waals surface area contributed by atoms with Gasteiger partial charge in [-0.05, 0) is 63.0 Å². The second kappa shape index (κ2) is 11.5. The molecular formula is C45H31N3. The SMILES string of the molecule is C\C=C/C(=C\C=C\c1ccccc1)c1nc(-n2c3ccccc3c3c4c(ccc5c6ccccc6ccc54)ccc32)nc2ccccc12. The lowest BCUT2D eigenvalue weighted by Gasteiger charge is -2.13. The fraction of sp³-hybridized carbons (Fsp3) is 0.0222. The average molecular weight is 614 g/mol. The van der Waals surface area contributed by atoms with Gasteiger partial charge in [-0.3, -0.25) is 4.57 Å². The van der Waals surface area contributed by atoms with Gasteiger partial charge in [-0.2, -0.15) is 0 Å². The number of hydrogen-bond donors (Lipinski definition) is 0. The van der Waals surface area contributed by atoms with Crippen molar-refractivity contribution in [3.63, 3.8) is 0 Å². The van der Waals surface area contributed by atoms with Gasteiger partial charge in [0.15, 0.2) is 0 Å². The van der Waals surface area contributed by atoms with Gasteiger partial charge >= 0.3 is 0 Å². The van der Waals surface area contributed by atoms with Crippen LogP contribution in [-0.2, 0) is 0 Å². The largest absolute Gasteiger partial charge is 0.278 e. The normalized spacial score (nSPS) is 12.6. The molecule has 2 heterocycles. The van der Waals surface area contributed by atoms with Crippen LogP contribution in [0.2, 0.25) is 0 Å². The molecule has 0 aliphatic rings. The van der Waals surface area contributed by atoms with Crippen molar-refractivity contribution in [1.82, 2.24) is 14.5 Å². The zero-order valence-electron chi connectivity index (χ0n) is 26.5. The van der Waals surface area contributed by atoms with Crippen molar-refractivity contribution in [2.24, 2.45) is 0 Å². The van der Waals surface area contributed by atoms with Gasteiger partial charge in [0.2, 0.25) is 5.95 Å². The van der Waals surface area contributed by atoms with E-state index in [0.717, 1.165) is 38.8 Å². The predicted molar refractivity (Wildman–Crippen MR) is 205 cm³/mol. The van der Waals surface area contributed by atoms with E-state index in [-0.39, 0.29) is 0 Å². The topological polar surface area (TPSA) is 30.7 Å². The van der Waals surface area contributed by atoms with Crippen LogP contribution in [0.25, 0.3) is 82.6 Å². The maximum Gasteiger partial charge on any atom is 0.235 e. The molecular weight excluding hydrogens is 583 g/mol. The lowest BCUT2D eigenvalue weighted by atomic mass is 9.94. The molecule has 0 atom stereocenters. The summed E-state index contributed by atoms with van der Waals surface area (Å²) in [6.45, 7) is 2.05. The lowest BCUT2D eigenvalue weighted by Crippen LogP contribution is -2.04. The molecule has 0 bridgehead atoms. The fourth-order valence-corrected chi connectivity index (χ4v) is 7.19. The molecule has 0 amide bonds. The molecule has 0 aliphatic carbocycles. The highest BCUT2D eigenvalue weighted by molar-refractivity contribution is 6.30. The number of hydrogen-bond acceptors (Lipinski definition) is 2. The molecule has 226 valence electrons. The van der Waals surface area contributed by atoms with Crippen LogP contribution in [0, 0.1) is 0 Å². The molecule has 3 heteroatoms. The van der Waals surface area contributed by atoms with Crippen LogP contribution in [0.3, 0.4) is 0 Å². The van der Waals surface area contributed by atoms with E-state index in [4.69, 9.17) is 9.97 Å². The minimum atomic E-state index is 0.655. The van der Waals surface area contributed by atoms with E-state index in [2.05, 4.69) is 162 Å². The molecule has 0 fully saturated rings. The summed E-state index contributed by atoms with van der Waals surface area (Å²) >= 11 is 0. The number of para-hydroxylation sites is 2. The maximum atomic E-state index is 5.37. The molecule has 2 aromatic heterocycles. The Bertz CT molecular complexity index is 2780. The Balaban J connectivity index is 1.34. The van der Waals surface area contributed by atoms with Crippen LogP contribution in [0.15, 0.2) is 164 Å². The Hall–Kier alpha value is -6.32. The van der Waals surface area contributed by atoms with Crippen molar-refractivity contribution in [3.05, 3.63) is 175 Å². The maximum absolute atomic E-state index is 5.37. The minimum Gasteiger partial charge on any atom is -0.278 e. The van der Waals surface area contributed by atoms with Crippen LogP contribution in [0.5, 0.6) is 0 Å². The molecule has 0 radical (unpaired) electrons. The van der Waals surface area contributed by atoms with Crippen molar-refractivity contribution < 1.29 is 0 Å². The molecule has 48 heavy (non-hydrogen) atoms. The van der Waals surface area contributed by atoms with Gasteiger partial charge in [0.25, 0.3) is 0 Å². The van der Waals surface area contributed by atoms with Crippen LogP contribution in [0.4, 0.5) is 0 Å². The zero-order chi connectivity index (χ0) is 32.0. The summed E-state index contributed by atoms with van der Waals surface area (Å²) in [6.07, 6.45) is 10.6. The van der Waals surface area contributed by atoms with Crippen molar-refractivity contribution in [2.75, 3.05) is 0 Å². The van der Waals surface area contributed by atoms with Gasteiger partial charge in [-0.15, -0.1) is 0 Å². The number of benzene rings is 7. The molecule has 0 saturated heterocycles. The summed E-state index contributed by atoms with van der Waals surface area (Å²) in [4.78, 5) is 10.6. The van der Waals surface area contributed by atoms with E-state index in [1.54, 1.807) is 0 Å². The standard InChI is InChI=1S/C45H31N3/c1-2-13-33(18-12-16-30-14-4-3-5-15-30)44-37-20-8-10-22-39(37)46-45(47-44)48-40-23-11-9-21-38(40)43-41(48)29-26-32-25-27-35-34-19-7-6-17-31(34)24-28-36(35)42(32)43/h2-29H,1H3/b13-2-,16-12+,33-18+. The predicted octanol–water partition coefficient (Wildman–Crippen LogP) is 11.9. The first-order chi connectivity index (χ1) is 23.8. The van der Waals surface area contributed by atoms with E-state index in [0.29, 0.717) is 5.95 Å². The van der Waals surface area contributed by atoms with E-state index in [1.165, 1.54) is 43.1 Å². The highest BCUT2D eigenvalue weighted by Gasteiger charge is 2.20. The third-order valence-corrected chi connectivity index (χ3v) is 9.32. The monoisotopic (exact) mass is 613 g/mol. The van der Waals surface area contributed by atoms with Gasteiger partial charge in [0.05, 0.1) is 22.2 Å². The summed E-state index contributed by atoms with van der Waals surface area (Å²) < 4.78 is 2.24. The highest BCUT2D eigenvalue weighted by Crippen LogP contribution is 2.41. The first-order valence-corrected chi connectivity index (χ1v) is 16.4. The summed E-state index contributed by atoms with van der Waals surface area (Å²) in [5, 5.41) is 10.9. The van der Waals surface area contributed by atoms with Gasteiger partial charge in [0.1, 0.15) is 0 Å².